The molecule has 0 amide bonds. The first kappa shape index (κ1) is 13.4. The molecule has 0 aromatic carbocycles. The Morgan fingerprint density at radius 3 is 2.68 bits per heavy atom. The van der Waals surface area contributed by atoms with Crippen molar-refractivity contribution >= 4 is 0 Å². The van der Waals surface area contributed by atoms with Gasteiger partial charge in [0.2, 0.25) is 5.88 Å². The van der Waals surface area contributed by atoms with Crippen LogP contribution in [-0.2, 0) is 0 Å². The zero-order valence-electron chi connectivity index (χ0n) is 11.4. The highest BCUT2D eigenvalue weighted by Gasteiger charge is 2.17. The summed E-state index contributed by atoms with van der Waals surface area (Å²) in [7, 11) is 1.58. The summed E-state index contributed by atoms with van der Waals surface area (Å²) in [6.45, 7) is 4.97. The summed E-state index contributed by atoms with van der Waals surface area (Å²) in [6.07, 6.45) is 3.66. The van der Waals surface area contributed by atoms with E-state index in [1.165, 1.54) is 5.56 Å². The van der Waals surface area contributed by atoms with Gasteiger partial charge in [0.05, 0.1) is 18.8 Å². The molecule has 0 radical (unpaired) electrons. The molecule has 100 valence electrons. The van der Waals surface area contributed by atoms with Gasteiger partial charge < -0.3 is 10.1 Å². The maximum Gasteiger partial charge on any atom is 0.233 e. The molecule has 2 rings (SSSR count). The van der Waals surface area contributed by atoms with Gasteiger partial charge in [-0.15, -0.1) is 10.2 Å². The molecule has 1 atom stereocenters. The number of rotatable bonds is 5. The first-order chi connectivity index (χ1) is 9.26. The molecular formula is C14H18N4O. The van der Waals surface area contributed by atoms with Crippen molar-refractivity contribution < 1.29 is 4.74 Å². The highest BCUT2D eigenvalue weighted by molar-refractivity contribution is 5.32. The number of nitrogens with zero attached hydrogens (tertiary/aromatic N) is 3. The van der Waals surface area contributed by atoms with Crippen LogP contribution in [0.3, 0.4) is 0 Å². The fourth-order valence-electron chi connectivity index (χ4n) is 1.95. The van der Waals surface area contributed by atoms with Crippen LogP contribution in [0.5, 0.6) is 5.88 Å². The zero-order valence-corrected chi connectivity index (χ0v) is 11.4. The van der Waals surface area contributed by atoms with Gasteiger partial charge >= 0.3 is 0 Å². The number of pyridine rings is 1. The lowest BCUT2D eigenvalue weighted by molar-refractivity contribution is 0.390. The third-order valence-electron chi connectivity index (χ3n) is 2.96. The Hall–Kier alpha value is -2.01. The Bertz CT molecular complexity index is 527. The highest BCUT2D eigenvalue weighted by atomic mass is 16.5. The van der Waals surface area contributed by atoms with Crippen LogP contribution in [0, 0.1) is 6.92 Å². The quantitative estimate of drug-likeness (QED) is 0.887. The van der Waals surface area contributed by atoms with Gasteiger partial charge in [-0.3, -0.25) is 4.98 Å². The van der Waals surface area contributed by atoms with E-state index in [9.17, 15) is 0 Å². The summed E-state index contributed by atoms with van der Waals surface area (Å²) in [5.74, 6) is 0.516. The SMILES string of the molecule is CCNC(c1ccc(OC)nn1)c1cnccc1C. The molecule has 1 N–H and O–H groups in total. The Labute approximate surface area is 113 Å². The van der Waals surface area contributed by atoms with Gasteiger partial charge in [0, 0.05) is 18.5 Å². The van der Waals surface area contributed by atoms with Crippen molar-refractivity contribution in [1.29, 1.82) is 0 Å². The van der Waals surface area contributed by atoms with Crippen molar-refractivity contribution in [2.45, 2.75) is 19.9 Å². The van der Waals surface area contributed by atoms with E-state index in [0.717, 1.165) is 17.8 Å². The minimum absolute atomic E-state index is 0.00268. The van der Waals surface area contributed by atoms with E-state index in [-0.39, 0.29) is 6.04 Å². The average Bonchev–Trinajstić information content (AvgIpc) is 2.46. The molecule has 0 aliphatic heterocycles. The van der Waals surface area contributed by atoms with Crippen molar-refractivity contribution in [3.8, 4) is 5.88 Å². The molecule has 0 fully saturated rings. The molecule has 0 aliphatic rings. The number of nitrogens with one attached hydrogen (secondary N) is 1. The highest BCUT2D eigenvalue weighted by Crippen LogP contribution is 2.22. The van der Waals surface area contributed by atoms with Crippen molar-refractivity contribution in [3.05, 3.63) is 47.4 Å². The first-order valence-corrected chi connectivity index (χ1v) is 6.27. The smallest absolute Gasteiger partial charge is 0.233 e. The molecule has 2 aromatic rings. The molecule has 0 aliphatic carbocycles. The number of hydrogen-bond donors (Lipinski definition) is 1. The van der Waals surface area contributed by atoms with Gasteiger partial charge in [-0.2, -0.15) is 0 Å². The summed E-state index contributed by atoms with van der Waals surface area (Å²) in [4.78, 5) is 4.20. The van der Waals surface area contributed by atoms with Crippen LogP contribution in [0.15, 0.2) is 30.6 Å². The molecule has 0 spiro atoms. The molecule has 2 aromatic heterocycles. The molecule has 5 heteroatoms. The standard InChI is InChI=1S/C14H18N4O/c1-4-16-14(11-9-15-8-7-10(11)2)12-5-6-13(19-3)18-17-12/h5-9,14,16H,4H2,1-3H3. The predicted molar refractivity (Wildman–Crippen MR) is 73.1 cm³/mol. The summed E-state index contributed by atoms with van der Waals surface area (Å²) < 4.78 is 5.03. The van der Waals surface area contributed by atoms with Crippen LogP contribution in [0.2, 0.25) is 0 Å². The zero-order chi connectivity index (χ0) is 13.7. The fraction of sp³-hybridized carbons (Fsp3) is 0.357. The van der Waals surface area contributed by atoms with Crippen molar-refractivity contribution in [3.63, 3.8) is 0 Å². The minimum Gasteiger partial charge on any atom is -0.480 e. The monoisotopic (exact) mass is 258 g/mol. The maximum atomic E-state index is 5.03. The number of aromatic nitrogens is 3. The molecular weight excluding hydrogens is 240 g/mol. The molecule has 1 unspecified atom stereocenters. The lowest BCUT2D eigenvalue weighted by atomic mass is 10.0. The normalized spacial score (nSPS) is 12.2. The fourth-order valence-corrected chi connectivity index (χ4v) is 1.95. The summed E-state index contributed by atoms with van der Waals surface area (Å²) in [5.41, 5.74) is 3.15. The third kappa shape index (κ3) is 3.06. The second-order valence-corrected chi connectivity index (χ2v) is 4.22. The van der Waals surface area contributed by atoms with Gasteiger partial charge in [-0.25, -0.2) is 0 Å². The largest absolute Gasteiger partial charge is 0.480 e. The second-order valence-electron chi connectivity index (χ2n) is 4.22. The van der Waals surface area contributed by atoms with Crippen molar-refractivity contribution in [1.82, 2.24) is 20.5 Å². The van der Waals surface area contributed by atoms with Crippen LogP contribution < -0.4 is 10.1 Å². The van der Waals surface area contributed by atoms with E-state index in [0.29, 0.717) is 5.88 Å². The van der Waals surface area contributed by atoms with Crippen LogP contribution in [0.4, 0.5) is 0 Å². The first-order valence-electron chi connectivity index (χ1n) is 6.27. The summed E-state index contributed by atoms with van der Waals surface area (Å²) >= 11 is 0. The Morgan fingerprint density at radius 2 is 2.11 bits per heavy atom. The molecule has 5 nitrogen and oxygen atoms in total. The Balaban J connectivity index is 2.36. The van der Waals surface area contributed by atoms with E-state index in [4.69, 9.17) is 4.74 Å². The third-order valence-corrected chi connectivity index (χ3v) is 2.96. The van der Waals surface area contributed by atoms with Crippen LogP contribution >= 0.6 is 0 Å². The number of methoxy groups -OCH3 is 1. The van der Waals surface area contributed by atoms with E-state index < -0.39 is 0 Å². The number of ether oxygens (including phenoxy) is 1. The van der Waals surface area contributed by atoms with Gasteiger partial charge in [-0.05, 0) is 36.7 Å². The molecule has 0 bridgehead atoms. The maximum absolute atomic E-state index is 5.03. The number of hydrogen-bond acceptors (Lipinski definition) is 5. The van der Waals surface area contributed by atoms with E-state index >= 15 is 0 Å². The van der Waals surface area contributed by atoms with Crippen molar-refractivity contribution in [2.75, 3.05) is 13.7 Å². The average molecular weight is 258 g/mol. The van der Waals surface area contributed by atoms with E-state index in [1.807, 2.05) is 24.4 Å². The van der Waals surface area contributed by atoms with Crippen molar-refractivity contribution in [2.24, 2.45) is 0 Å². The summed E-state index contributed by atoms with van der Waals surface area (Å²) in [6, 6.07) is 5.73. The minimum atomic E-state index is -0.00268. The van der Waals surface area contributed by atoms with Gasteiger partial charge in [0.1, 0.15) is 0 Å². The van der Waals surface area contributed by atoms with Gasteiger partial charge in [-0.1, -0.05) is 6.92 Å². The molecule has 0 saturated heterocycles. The van der Waals surface area contributed by atoms with Crippen LogP contribution in [0.25, 0.3) is 0 Å². The van der Waals surface area contributed by atoms with Gasteiger partial charge in [0.25, 0.3) is 0 Å². The summed E-state index contributed by atoms with van der Waals surface area (Å²) in [5, 5.41) is 11.7. The Morgan fingerprint density at radius 1 is 1.26 bits per heavy atom. The number of aryl methyl sites for hydroxylation is 1. The molecule has 2 heterocycles. The second kappa shape index (κ2) is 6.24. The predicted octanol–water partition coefficient (Wildman–Crippen LogP) is 1.89. The molecule has 19 heavy (non-hydrogen) atoms. The lowest BCUT2D eigenvalue weighted by Gasteiger charge is -2.18. The van der Waals surface area contributed by atoms with E-state index in [1.54, 1.807) is 13.3 Å². The van der Waals surface area contributed by atoms with Gasteiger partial charge in [0.15, 0.2) is 0 Å². The van der Waals surface area contributed by atoms with E-state index in [2.05, 4.69) is 34.3 Å². The van der Waals surface area contributed by atoms with Crippen LogP contribution in [0.1, 0.15) is 29.8 Å². The Kier molecular flexibility index (Phi) is 4.41. The topological polar surface area (TPSA) is 59.9 Å². The lowest BCUT2D eigenvalue weighted by Crippen LogP contribution is -2.24. The van der Waals surface area contributed by atoms with Crippen LogP contribution in [-0.4, -0.2) is 28.8 Å². The molecule has 0 saturated carbocycles.